The molecule has 4 N–H and O–H groups in total. The predicted octanol–water partition coefficient (Wildman–Crippen LogP) is 1.68. The summed E-state index contributed by atoms with van der Waals surface area (Å²) in [5.74, 6) is -0.142. The van der Waals surface area contributed by atoms with Crippen molar-refractivity contribution >= 4 is 11.6 Å². The first kappa shape index (κ1) is 14.7. The van der Waals surface area contributed by atoms with Gasteiger partial charge in [0.05, 0.1) is 6.04 Å². The Balaban J connectivity index is 2.58. The molecule has 0 aliphatic heterocycles. The highest BCUT2D eigenvalue weighted by Crippen LogP contribution is 2.12. The van der Waals surface area contributed by atoms with Gasteiger partial charge in [0, 0.05) is 12.3 Å². The van der Waals surface area contributed by atoms with Crippen LogP contribution in [0.1, 0.15) is 31.7 Å². The quantitative estimate of drug-likeness (QED) is 0.689. The van der Waals surface area contributed by atoms with Crippen molar-refractivity contribution < 1.29 is 9.90 Å². The number of carbonyl (C=O) groups is 1. The Kier molecular flexibility index (Phi) is 6.39. The van der Waals surface area contributed by atoms with Crippen LogP contribution in [-0.4, -0.2) is 23.7 Å². The minimum absolute atomic E-state index is 0.142. The molecule has 0 aromatic heterocycles. The third kappa shape index (κ3) is 4.85. The van der Waals surface area contributed by atoms with Crippen LogP contribution in [-0.2, 0) is 11.2 Å². The fourth-order valence-corrected chi connectivity index (χ4v) is 1.76. The lowest BCUT2D eigenvalue weighted by Gasteiger charge is -2.12. The maximum Gasteiger partial charge on any atom is 0.241 e. The zero-order chi connectivity index (χ0) is 13.4. The van der Waals surface area contributed by atoms with E-state index in [0.717, 1.165) is 30.5 Å². The lowest BCUT2D eigenvalue weighted by Crippen LogP contribution is -2.35. The van der Waals surface area contributed by atoms with Crippen molar-refractivity contribution in [3.8, 4) is 0 Å². The maximum absolute atomic E-state index is 11.8. The van der Waals surface area contributed by atoms with E-state index in [0.29, 0.717) is 6.42 Å². The monoisotopic (exact) mass is 250 g/mol. The van der Waals surface area contributed by atoms with Crippen molar-refractivity contribution in [2.24, 2.45) is 5.73 Å². The highest BCUT2D eigenvalue weighted by atomic mass is 16.2. The fourth-order valence-electron chi connectivity index (χ4n) is 1.76. The van der Waals surface area contributed by atoms with Crippen molar-refractivity contribution in [1.29, 1.82) is 0 Å². The van der Waals surface area contributed by atoms with Gasteiger partial charge in [-0.1, -0.05) is 25.5 Å². The summed E-state index contributed by atoms with van der Waals surface area (Å²) in [6.07, 6.45) is 3.12. The molecular formula is C14H22N2O2. The summed E-state index contributed by atoms with van der Waals surface area (Å²) >= 11 is 0. The molecule has 1 amide bonds. The summed E-state index contributed by atoms with van der Waals surface area (Å²) < 4.78 is 0. The van der Waals surface area contributed by atoms with Crippen molar-refractivity contribution in [3.05, 3.63) is 29.8 Å². The normalized spacial score (nSPS) is 12.2. The molecule has 1 atom stereocenters. The third-order valence-corrected chi connectivity index (χ3v) is 2.75. The van der Waals surface area contributed by atoms with Crippen LogP contribution in [0.15, 0.2) is 24.3 Å². The Morgan fingerprint density at radius 1 is 1.50 bits per heavy atom. The molecule has 100 valence electrons. The second kappa shape index (κ2) is 7.84. The Hall–Kier alpha value is -1.39. The van der Waals surface area contributed by atoms with Crippen LogP contribution in [0.5, 0.6) is 0 Å². The van der Waals surface area contributed by atoms with Gasteiger partial charge >= 0.3 is 0 Å². The summed E-state index contributed by atoms with van der Waals surface area (Å²) in [7, 11) is 0. The number of aryl methyl sites for hydroxylation is 1. The van der Waals surface area contributed by atoms with Crippen LogP contribution in [0.25, 0.3) is 0 Å². The molecule has 0 heterocycles. The van der Waals surface area contributed by atoms with E-state index in [2.05, 4.69) is 5.32 Å². The lowest BCUT2D eigenvalue weighted by molar-refractivity contribution is -0.117. The van der Waals surface area contributed by atoms with Crippen LogP contribution in [0.2, 0.25) is 0 Å². The van der Waals surface area contributed by atoms with Crippen LogP contribution in [0.3, 0.4) is 0 Å². The number of aliphatic hydroxyl groups is 1. The molecule has 1 rings (SSSR count). The fraction of sp³-hybridized carbons (Fsp3) is 0.500. The molecule has 0 unspecified atom stereocenters. The standard InChI is InChI=1S/C14H22N2O2/c1-2-5-13(15)14(18)16-12-8-3-6-11(10-12)7-4-9-17/h3,6,8,10,13,17H,2,4-5,7,9,15H2,1H3,(H,16,18)/t13-/m0/s1. The first-order valence-corrected chi connectivity index (χ1v) is 6.43. The highest BCUT2D eigenvalue weighted by Gasteiger charge is 2.12. The number of anilines is 1. The molecule has 0 aliphatic rings. The molecule has 0 radical (unpaired) electrons. The Morgan fingerprint density at radius 2 is 2.28 bits per heavy atom. The van der Waals surface area contributed by atoms with Gasteiger partial charge < -0.3 is 16.2 Å². The van der Waals surface area contributed by atoms with E-state index in [-0.39, 0.29) is 12.5 Å². The lowest BCUT2D eigenvalue weighted by atomic mass is 10.1. The van der Waals surface area contributed by atoms with Crippen molar-refractivity contribution in [2.75, 3.05) is 11.9 Å². The second-order valence-electron chi connectivity index (χ2n) is 4.41. The van der Waals surface area contributed by atoms with Crippen molar-refractivity contribution in [3.63, 3.8) is 0 Å². The van der Waals surface area contributed by atoms with Gasteiger partial charge in [-0.05, 0) is 37.0 Å². The van der Waals surface area contributed by atoms with E-state index in [4.69, 9.17) is 10.8 Å². The molecule has 0 bridgehead atoms. The first-order valence-electron chi connectivity index (χ1n) is 6.43. The average molecular weight is 250 g/mol. The molecule has 4 heteroatoms. The van der Waals surface area contributed by atoms with E-state index < -0.39 is 6.04 Å². The topological polar surface area (TPSA) is 75.4 Å². The van der Waals surface area contributed by atoms with Gasteiger partial charge in [0.2, 0.25) is 5.91 Å². The number of hydrogen-bond acceptors (Lipinski definition) is 3. The zero-order valence-electron chi connectivity index (χ0n) is 10.9. The Morgan fingerprint density at radius 3 is 2.94 bits per heavy atom. The van der Waals surface area contributed by atoms with E-state index >= 15 is 0 Å². The van der Waals surface area contributed by atoms with Gasteiger partial charge in [0.15, 0.2) is 0 Å². The van der Waals surface area contributed by atoms with Gasteiger partial charge in [-0.2, -0.15) is 0 Å². The molecular weight excluding hydrogens is 228 g/mol. The maximum atomic E-state index is 11.8. The largest absolute Gasteiger partial charge is 0.396 e. The number of benzene rings is 1. The minimum atomic E-state index is -0.448. The summed E-state index contributed by atoms with van der Waals surface area (Å²) in [5.41, 5.74) is 7.62. The molecule has 4 nitrogen and oxygen atoms in total. The summed E-state index contributed by atoms with van der Waals surface area (Å²) in [5, 5.41) is 11.6. The van der Waals surface area contributed by atoms with Crippen molar-refractivity contribution in [1.82, 2.24) is 0 Å². The van der Waals surface area contributed by atoms with Gasteiger partial charge in [-0.3, -0.25) is 4.79 Å². The number of amides is 1. The number of nitrogens with one attached hydrogen (secondary N) is 1. The minimum Gasteiger partial charge on any atom is -0.396 e. The Bertz CT molecular complexity index is 380. The first-order chi connectivity index (χ1) is 8.67. The molecule has 0 saturated heterocycles. The molecule has 0 saturated carbocycles. The average Bonchev–Trinajstić information content (AvgIpc) is 2.37. The molecule has 18 heavy (non-hydrogen) atoms. The zero-order valence-corrected chi connectivity index (χ0v) is 10.9. The van der Waals surface area contributed by atoms with Gasteiger partial charge in [-0.15, -0.1) is 0 Å². The van der Waals surface area contributed by atoms with E-state index in [1.165, 1.54) is 0 Å². The number of hydrogen-bond donors (Lipinski definition) is 3. The Labute approximate surface area is 108 Å². The second-order valence-corrected chi connectivity index (χ2v) is 4.41. The van der Waals surface area contributed by atoms with Crippen LogP contribution >= 0.6 is 0 Å². The summed E-state index contributed by atoms with van der Waals surface area (Å²) in [4.78, 5) is 11.8. The summed E-state index contributed by atoms with van der Waals surface area (Å²) in [6.45, 7) is 2.18. The molecule has 1 aromatic rings. The van der Waals surface area contributed by atoms with E-state index in [1.807, 2.05) is 31.2 Å². The smallest absolute Gasteiger partial charge is 0.241 e. The van der Waals surface area contributed by atoms with E-state index in [9.17, 15) is 4.79 Å². The van der Waals surface area contributed by atoms with Gasteiger partial charge in [0.1, 0.15) is 0 Å². The van der Waals surface area contributed by atoms with Crippen LogP contribution in [0, 0.1) is 0 Å². The van der Waals surface area contributed by atoms with Crippen LogP contribution < -0.4 is 11.1 Å². The molecule has 0 spiro atoms. The van der Waals surface area contributed by atoms with Gasteiger partial charge in [-0.25, -0.2) is 0 Å². The molecule has 0 aliphatic carbocycles. The third-order valence-electron chi connectivity index (χ3n) is 2.75. The van der Waals surface area contributed by atoms with Crippen LogP contribution in [0.4, 0.5) is 5.69 Å². The SMILES string of the molecule is CCC[C@H](N)C(=O)Nc1cccc(CCCO)c1. The number of nitrogens with two attached hydrogens (primary N) is 1. The molecule has 1 aromatic carbocycles. The van der Waals surface area contributed by atoms with E-state index in [1.54, 1.807) is 0 Å². The number of aliphatic hydroxyl groups excluding tert-OH is 1. The highest BCUT2D eigenvalue weighted by molar-refractivity contribution is 5.94. The van der Waals surface area contributed by atoms with Crippen molar-refractivity contribution in [2.45, 2.75) is 38.6 Å². The van der Waals surface area contributed by atoms with Gasteiger partial charge in [0.25, 0.3) is 0 Å². The predicted molar refractivity (Wildman–Crippen MR) is 73.4 cm³/mol. The number of carbonyl (C=O) groups excluding carboxylic acids is 1. The summed E-state index contributed by atoms with van der Waals surface area (Å²) in [6, 6.07) is 7.20. The number of rotatable bonds is 7. The molecule has 0 fully saturated rings.